The van der Waals surface area contributed by atoms with Crippen LogP contribution in [0.4, 0.5) is 0 Å². The van der Waals surface area contributed by atoms with Crippen molar-refractivity contribution < 1.29 is 5.21 Å². The molecule has 1 fully saturated rings. The number of nitrogens with one attached hydrogen (secondary N) is 1. The Bertz CT molecular complexity index is 400. The van der Waals surface area contributed by atoms with Gasteiger partial charge in [0.1, 0.15) is 0 Å². The molecule has 1 saturated carbocycles. The molecule has 2 rings (SSSR count). The maximum absolute atomic E-state index is 8.94. The summed E-state index contributed by atoms with van der Waals surface area (Å²) in [4.78, 5) is 0. The normalized spacial score (nSPS) is 24.4. The molecule has 1 aliphatic rings. The van der Waals surface area contributed by atoms with E-state index in [4.69, 9.17) is 5.21 Å². The zero-order chi connectivity index (χ0) is 13.9. The van der Waals surface area contributed by atoms with Crippen molar-refractivity contribution in [2.24, 2.45) is 11.3 Å². The average molecular weight is 261 g/mol. The summed E-state index contributed by atoms with van der Waals surface area (Å²) in [6, 6.07) is 8.52. The van der Waals surface area contributed by atoms with Crippen molar-refractivity contribution in [3.8, 4) is 0 Å². The lowest BCUT2D eigenvalue weighted by molar-refractivity contribution is 0.158. The fraction of sp³-hybridized carbons (Fsp3) is 0.647. The third kappa shape index (κ3) is 3.58. The molecule has 0 aromatic heterocycles. The summed E-state index contributed by atoms with van der Waals surface area (Å²) >= 11 is 0. The number of benzene rings is 1. The van der Waals surface area contributed by atoms with E-state index in [0.29, 0.717) is 17.9 Å². The van der Waals surface area contributed by atoms with Gasteiger partial charge < -0.3 is 5.21 Å². The highest BCUT2D eigenvalue weighted by Crippen LogP contribution is 2.43. The van der Waals surface area contributed by atoms with Gasteiger partial charge in [0.2, 0.25) is 0 Å². The van der Waals surface area contributed by atoms with Gasteiger partial charge in [0, 0.05) is 6.54 Å². The molecule has 0 radical (unpaired) electrons. The van der Waals surface area contributed by atoms with E-state index in [2.05, 4.69) is 50.5 Å². The maximum atomic E-state index is 8.94. The molecule has 19 heavy (non-hydrogen) atoms. The molecule has 0 amide bonds. The number of rotatable bonds is 3. The lowest BCUT2D eigenvalue weighted by Gasteiger charge is -2.37. The van der Waals surface area contributed by atoms with Gasteiger partial charge in [-0.15, -0.1) is 0 Å². The van der Waals surface area contributed by atoms with Gasteiger partial charge in [-0.25, -0.2) is 5.48 Å². The fourth-order valence-corrected chi connectivity index (χ4v) is 3.45. The van der Waals surface area contributed by atoms with E-state index >= 15 is 0 Å². The van der Waals surface area contributed by atoms with Gasteiger partial charge in [-0.05, 0) is 54.1 Å². The third-order valence-corrected chi connectivity index (χ3v) is 4.72. The Morgan fingerprint density at radius 3 is 2.32 bits per heavy atom. The van der Waals surface area contributed by atoms with Crippen molar-refractivity contribution in [1.82, 2.24) is 5.48 Å². The summed E-state index contributed by atoms with van der Waals surface area (Å²) in [7, 11) is 0. The van der Waals surface area contributed by atoms with Crippen LogP contribution in [0.3, 0.4) is 0 Å². The second-order valence-corrected chi connectivity index (χ2v) is 6.95. The number of hydroxylamine groups is 1. The molecule has 2 N–H and O–H groups in total. The van der Waals surface area contributed by atoms with Crippen LogP contribution in [0.1, 0.15) is 63.5 Å². The standard InChI is InChI=1S/C17H27NO/c1-17(2,3)15-10-8-13(9-11-15)16-7-5-4-6-14(16)12-18-19/h4-7,13,15,18-19H,8-12H2,1-3H3. The Morgan fingerprint density at radius 1 is 1.11 bits per heavy atom. The van der Waals surface area contributed by atoms with Crippen LogP contribution >= 0.6 is 0 Å². The van der Waals surface area contributed by atoms with Gasteiger partial charge in [-0.1, -0.05) is 45.0 Å². The van der Waals surface area contributed by atoms with E-state index < -0.39 is 0 Å². The second kappa shape index (κ2) is 6.06. The van der Waals surface area contributed by atoms with Gasteiger partial charge in [0.15, 0.2) is 0 Å². The molecule has 1 aromatic rings. The SMILES string of the molecule is CC(C)(C)C1CCC(c2ccccc2CNO)CC1. The lowest BCUT2D eigenvalue weighted by atomic mass is 9.68. The fourth-order valence-electron chi connectivity index (χ4n) is 3.45. The largest absolute Gasteiger partial charge is 0.316 e. The van der Waals surface area contributed by atoms with Crippen LogP contribution in [-0.2, 0) is 6.54 Å². The quantitative estimate of drug-likeness (QED) is 0.786. The van der Waals surface area contributed by atoms with E-state index in [0.717, 1.165) is 5.92 Å². The molecule has 0 heterocycles. The monoisotopic (exact) mass is 261 g/mol. The Labute approximate surface area is 117 Å². The Morgan fingerprint density at radius 2 is 1.74 bits per heavy atom. The van der Waals surface area contributed by atoms with Gasteiger partial charge >= 0.3 is 0 Å². The highest BCUT2D eigenvalue weighted by molar-refractivity contribution is 5.30. The molecular weight excluding hydrogens is 234 g/mol. The Balaban J connectivity index is 2.05. The predicted molar refractivity (Wildman–Crippen MR) is 79.2 cm³/mol. The molecule has 0 atom stereocenters. The minimum atomic E-state index is 0.442. The molecular formula is C17H27NO. The van der Waals surface area contributed by atoms with Crippen LogP contribution in [0, 0.1) is 11.3 Å². The second-order valence-electron chi connectivity index (χ2n) is 6.95. The number of hydrogen-bond donors (Lipinski definition) is 2. The van der Waals surface area contributed by atoms with Crippen LogP contribution < -0.4 is 5.48 Å². The average Bonchev–Trinajstić information content (AvgIpc) is 2.39. The first-order valence-corrected chi connectivity index (χ1v) is 7.47. The first-order chi connectivity index (χ1) is 9.02. The van der Waals surface area contributed by atoms with E-state index in [1.807, 2.05) is 0 Å². The Hall–Kier alpha value is -0.860. The summed E-state index contributed by atoms with van der Waals surface area (Å²) < 4.78 is 0. The summed E-state index contributed by atoms with van der Waals surface area (Å²) in [5.74, 6) is 1.52. The summed E-state index contributed by atoms with van der Waals surface area (Å²) in [5.41, 5.74) is 5.41. The summed E-state index contributed by atoms with van der Waals surface area (Å²) in [5, 5.41) is 8.94. The summed E-state index contributed by atoms with van der Waals surface area (Å²) in [6.07, 6.45) is 5.22. The third-order valence-electron chi connectivity index (χ3n) is 4.72. The molecule has 0 unspecified atom stereocenters. The maximum Gasteiger partial charge on any atom is 0.0460 e. The van der Waals surface area contributed by atoms with E-state index in [1.54, 1.807) is 0 Å². The van der Waals surface area contributed by atoms with E-state index in [9.17, 15) is 0 Å². The van der Waals surface area contributed by atoms with Crippen LogP contribution in [0.25, 0.3) is 0 Å². The number of hydrogen-bond acceptors (Lipinski definition) is 2. The van der Waals surface area contributed by atoms with Crippen LogP contribution in [0.2, 0.25) is 0 Å². The molecule has 0 bridgehead atoms. The minimum Gasteiger partial charge on any atom is -0.316 e. The summed E-state index contributed by atoms with van der Waals surface area (Å²) in [6.45, 7) is 7.64. The van der Waals surface area contributed by atoms with Gasteiger partial charge in [-0.2, -0.15) is 0 Å². The Kier molecular flexibility index (Phi) is 4.64. The van der Waals surface area contributed by atoms with Crippen molar-refractivity contribution in [3.05, 3.63) is 35.4 Å². The first kappa shape index (κ1) is 14.5. The highest BCUT2D eigenvalue weighted by Gasteiger charge is 2.30. The molecule has 1 aliphatic carbocycles. The zero-order valence-electron chi connectivity index (χ0n) is 12.4. The van der Waals surface area contributed by atoms with E-state index in [1.165, 1.54) is 36.8 Å². The van der Waals surface area contributed by atoms with Gasteiger partial charge in [-0.3, -0.25) is 0 Å². The van der Waals surface area contributed by atoms with Crippen LogP contribution in [0.15, 0.2) is 24.3 Å². The zero-order valence-corrected chi connectivity index (χ0v) is 12.4. The molecule has 0 saturated heterocycles. The van der Waals surface area contributed by atoms with Gasteiger partial charge in [0.05, 0.1) is 0 Å². The molecule has 2 heteroatoms. The first-order valence-electron chi connectivity index (χ1n) is 7.47. The molecule has 2 nitrogen and oxygen atoms in total. The molecule has 1 aromatic carbocycles. The van der Waals surface area contributed by atoms with Crippen molar-refractivity contribution in [2.75, 3.05) is 0 Å². The van der Waals surface area contributed by atoms with Crippen LogP contribution in [-0.4, -0.2) is 5.21 Å². The van der Waals surface area contributed by atoms with E-state index in [-0.39, 0.29) is 0 Å². The smallest absolute Gasteiger partial charge is 0.0460 e. The van der Waals surface area contributed by atoms with Crippen LogP contribution in [0.5, 0.6) is 0 Å². The minimum absolute atomic E-state index is 0.442. The van der Waals surface area contributed by atoms with Crippen molar-refractivity contribution >= 4 is 0 Å². The van der Waals surface area contributed by atoms with Gasteiger partial charge in [0.25, 0.3) is 0 Å². The van der Waals surface area contributed by atoms with Crippen molar-refractivity contribution in [3.63, 3.8) is 0 Å². The lowest BCUT2D eigenvalue weighted by Crippen LogP contribution is -2.25. The highest BCUT2D eigenvalue weighted by atomic mass is 16.5. The molecule has 0 spiro atoms. The van der Waals surface area contributed by atoms with Crippen molar-refractivity contribution in [2.45, 2.75) is 58.9 Å². The molecule has 0 aliphatic heterocycles. The molecule has 106 valence electrons. The predicted octanol–water partition coefficient (Wildman–Crippen LogP) is 4.49. The van der Waals surface area contributed by atoms with Crippen molar-refractivity contribution in [1.29, 1.82) is 0 Å². The topological polar surface area (TPSA) is 32.3 Å².